The Morgan fingerprint density at radius 1 is 1.27 bits per heavy atom. The van der Waals surface area contributed by atoms with Crippen LogP contribution < -0.4 is 5.32 Å². The predicted octanol–water partition coefficient (Wildman–Crippen LogP) is 0.219. The Balaban J connectivity index is 1.84. The highest BCUT2D eigenvalue weighted by Crippen LogP contribution is 2.15. The van der Waals surface area contributed by atoms with Crippen molar-refractivity contribution in [3.8, 4) is 0 Å². The molecule has 1 fully saturated rings. The molecule has 3 atom stereocenters. The number of aliphatic hydroxyl groups is 2. The number of benzene rings is 1. The maximum absolute atomic E-state index is 9.52. The lowest BCUT2D eigenvalue weighted by atomic mass is 10.1. The molecule has 0 unspecified atom stereocenters. The maximum Gasteiger partial charge on any atom is 0.110 e. The topological polar surface area (TPSA) is 61.7 Å². The molecule has 0 aromatic heterocycles. The van der Waals surface area contributed by atoms with E-state index in [1.807, 2.05) is 30.3 Å². The number of hydrogen-bond acceptors (Lipinski definition) is 4. The molecule has 15 heavy (non-hydrogen) atoms. The number of anilines is 1. The van der Waals surface area contributed by atoms with Crippen LogP contribution in [0.2, 0.25) is 0 Å². The van der Waals surface area contributed by atoms with Gasteiger partial charge < -0.3 is 20.3 Å². The molecule has 1 aromatic carbocycles. The lowest BCUT2D eigenvalue weighted by molar-refractivity contribution is 0.0293. The average molecular weight is 209 g/mol. The average Bonchev–Trinajstić information content (AvgIpc) is 2.59. The highest BCUT2D eigenvalue weighted by Gasteiger charge is 2.34. The zero-order chi connectivity index (χ0) is 10.7. The highest BCUT2D eigenvalue weighted by molar-refractivity contribution is 5.42. The number of hydrogen-bond donors (Lipinski definition) is 3. The summed E-state index contributed by atoms with van der Waals surface area (Å²) in [5.74, 6) is 0. The van der Waals surface area contributed by atoms with Crippen LogP contribution in [0.3, 0.4) is 0 Å². The van der Waals surface area contributed by atoms with E-state index < -0.39 is 12.2 Å². The number of para-hydroxylation sites is 1. The van der Waals surface area contributed by atoms with Crippen LogP contribution in [-0.4, -0.2) is 41.7 Å². The van der Waals surface area contributed by atoms with E-state index in [1.165, 1.54) is 0 Å². The molecule has 0 radical (unpaired) electrons. The summed E-state index contributed by atoms with van der Waals surface area (Å²) in [5, 5.41) is 21.9. The molecular weight excluding hydrogens is 194 g/mol. The number of ether oxygens (including phenoxy) is 1. The second kappa shape index (κ2) is 4.61. The molecule has 1 heterocycles. The van der Waals surface area contributed by atoms with Gasteiger partial charge in [-0.05, 0) is 12.1 Å². The van der Waals surface area contributed by atoms with Crippen molar-refractivity contribution in [1.29, 1.82) is 0 Å². The molecule has 1 saturated heterocycles. The van der Waals surface area contributed by atoms with Crippen LogP contribution in [0.5, 0.6) is 0 Å². The Morgan fingerprint density at radius 3 is 2.60 bits per heavy atom. The van der Waals surface area contributed by atoms with Crippen molar-refractivity contribution in [3.05, 3.63) is 30.3 Å². The fourth-order valence-corrected chi connectivity index (χ4v) is 1.62. The van der Waals surface area contributed by atoms with E-state index in [1.54, 1.807) is 0 Å². The molecule has 4 heteroatoms. The molecule has 1 aliphatic heterocycles. The first-order valence-corrected chi connectivity index (χ1v) is 5.04. The predicted molar refractivity (Wildman–Crippen MR) is 56.7 cm³/mol. The van der Waals surface area contributed by atoms with Gasteiger partial charge in [-0.1, -0.05) is 18.2 Å². The zero-order valence-electron chi connectivity index (χ0n) is 8.34. The molecule has 4 nitrogen and oxygen atoms in total. The first-order chi connectivity index (χ1) is 7.27. The largest absolute Gasteiger partial charge is 0.388 e. The van der Waals surface area contributed by atoms with E-state index in [0.717, 1.165) is 5.69 Å². The van der Waals surface area contributed by atoms with Crippen LogP contribution in [0.15, 0.2) is 30.3 Å². The molecule has 2 rings (SSSR count). The van der Waals surface area contributed by atoms with Crippen LogP contribution in [0.25, 0.3) is 0 Å². The summed E-state index contributed by atoms with van der Waals surface area (Å²) in [6.07, 6.45) is -1.88. The molecule has 0 spiro atoms. The molecule has 0 aliphatic carbocycles. The number of nitrogens with one attached hydrogen (secondary N) is 1. The quantitative estimate of drug-likeness (QED) is 0.666. The van der Waals surface area contributed by atoms with Gasteiger partial charge in [0.05, 0.1) is 6.61 Å². The molecule has 0 amide bonds. The van der Waals surface area contributed by atoms with Crippen LogP contribution in [-0.2, 0) is 4.74 Å². The van der Waals surface area contributed by atoms with Crippen molar-refractivity contribution in [1.82, 2.24) is 0 Å². The van der Waals surface area contributed by atoms with Gasteiger partial charge in [0.2, 0.25) is 0 Å². The van der Waals surface area contributed by atoms with Crippen LogP contribution in [0.1, 0.15) is 0 Å². The van der Waals surface area contributed by atoms with Gasteiger partial charge in [-0.25, -0.2) is 0 Å². The van der Waals surface area contributed by atoms with Gasteiger partial charge in [-0.2, -0.15) is 0 Å². The Labute approximate surface area is 88.5 Å². The first kappa shape index (κ1) is 10.4. The summed E-state index contributed by atoms with van der Waals surface area (Å²) in [6.45, 7) is 0.713. The fourth-order valence-electron chi connectivity index (χ4n) is 1.62. The molecule has 3 N–H and O–H groups in total. The summed E-state index contributed by atoms with van der Waals surface area (Å²) in [4.78, 5) is 0. The maximum atomic E-state index is 9.52. The van der Waals surface area contributed by atoms with Gasteiger partial charge in [0.15, 0.2) is 0 Å². The fraction of sp³-hybridized carbons (Fsp3) is 0.455. The third kappa shape index (κ3) is 2.47. The van der Waals surface area contributed by atoms with Crippen molar-refractivity contribution in [2.45, 2.75) is 18.3 Å². The molecule has 1 aromatic rings. The van der Waals surface area contributed by atoms with Gasteiger partial charge in [-0.15, -0.1) is 0 Å². The van der Waals surface area contributed by atoms with Crippen LogP contribution in [0.4, 0.5) is 5.69 Å². The third-order valence-electron chi connectivity index (χ3n) is 2.54. The Bertz CT molecular complexity index is 304. The SMILES string of the molecule is O[C@@H]1[C@H](O)CO[C@@H]1CNc1ccccc1. The second-order valence-electron chi connectivity index (χ2n) is 3.68. The minimum atomic E-state index is -0.791. The summed E-state index contributed by atoms with van der Waals surface area (Å²) in [5.41, 5.74) is 0.981. The lowest BCUT2D eigenvalue weighted by Crippen LogP contribution is -2.34. The highest BCUT2D eigenvalue weighted by atomic mass is 16.5. The summed E-state index contributed by atoms with van der Waals surface area (Å²) >= 11 is 0. The smallest absolute Gasteiger partial charge is 0.110 e. The Hall–Kier alpha value is -1.10. The van der Waals surface area contributed by atoms with Gasteiger partial charge in [-0.3, -0.25) is 0 Å². The van der Waals surface area contributed by atoms with E-state index in [-0.39, 0.29) is 12.7 Å². The van der Waals surface area contributed by atoms with Gasteiger partial charge in [0, 0.05) is 12.2 Å². The monoisotopic (exact) mass is 209 g/mol. The van der Waals surface area contributed by atoms with E-state index >= 15 is 0 Å². The Morgan fingerprint density at radius 2 is 2.00 bits per heavy atom. The standard InChI is InChI=1S/C11H15NO3/c13-9-7-15-10(11(9)14)6-12-8-4-2-1-3-5-8/h1-5,9-14H,6-7H2/t9-,10-,11-/m1/s1. The first-order valence-electron chi connectivity index (χ1n) is 5.04. The third-order valence-corrected chi connectivity index (χ3v) is 2.54. The molecule has 1 aliphatic rings. The number of rotatable bonds is 3. The molecule has 82 valence electrons. The molecular formula is C11H15NO3. The van der Waals surface area contributed by atoms with Crippen LogP contribution >= 0.6 is 0 Å². The van der Waals surface area contributed by atoms with Gasteiger partial charge in [0.25, 0.3) is 0 Å². The van der Waals surface area contributed by atoms with E-state index in [2.05, 4.69) is 5.32 Å². The van der Waals surface area contributed by atoms with Crippen molar-refractivity contribution in [2.75, 3.05) is 18.5 Å². The zero-order valence-corrected chi connectivity index (χ0v) is 8.34. The van der Waals surface area contributed by atoms with Crippen LogP contribution in [0, 0.1) is 0 Å². The molecule has 0 saturated carbocycles. The summed E-state index contributed by atoms with van der Waals surface area (Å²) < 4.78 is 5.24. The van der Waals surface area contributed by atoms with E-state index in [9.17, 15) is 10.2 Å². The summed E-state index contributed by atoms with van der Waals surface area (Å²) in [7, 11) is 0. The van der Waals surface area contributed by atoms with Crippen molar-refractivity contribution in [2.24, 2.45) is 0 Å². The van der Waals surface area contributed by atoms with Crippen molar-refractivity contribution >= 4 is 5.69 Å². The van der Waals surface area contributed by atoms with Crippen molar-refractivity contribution in [3.63, 3.8) is 0 Å². The van der Waals surface area contributed by atoms with Gasteiger partial charge >= 0.3 is 0 Å². The minimum absolute atomic E-state index is 0.211. The normalized spacial score (nSPS) is 30.4. The minimum Gasteiger partial charge on any atom is -0.388 e. The van der Waals surface area contributed by atoms with Crippen molar-refractivity contribution < 1.29 is 14.9 Å². The Kier molecular flexibility index (Phi) is 3.20. The van der Waals surface area contributed by atoms with E-state index in [0.29, 0.717) is 6.54 Å². The number of aliphatic hydroxyl groups excluding tert-OH is 2. The lowest BCUT2D eigenvalue weighted by Gasteiger charge is -2.16. The van der Waals surface area contributed by atoms with Gasteiger partial charge in [0.1, 0.15) is 18.3 Å². The molecule has 0 bridgehead atoms. The second-order valence-corrected chi connectivity index (χ2v) is 3.68. The van der Waals surface area contributed by atoms with E-state index in [4.69, 9.17) is 4.74 Å². The summed E-state index contributed by atoms with van der Waals surface area (Å²) in [6, 6.07) is 9.69.